The van der Waals surface area contributed by atoms with Gasteiger partial charge in [-0.1, -0.05) is 18.9 Å². The SMILES string of the molecule is OC1(COc2cccc(F)c2F)CCCC1. The maximum Gasteiger partial charge on any atom is 0.200 e. The van der Waals surface area contributed by atoms with Crippen molar-refractivity contribution in [3.05, 3.63) is 29.8 Å². The Kier molecular flexibility index (Phi) is 3.10. The summed E-state index contributed by atoms with van der Waals surface area (Å²) in [5.74, 6) is -2.07. The van der Waals surface area contributed by atoms with Gasteiger partial charge in [0.25, 0.3) is 0 Å². The molecule has 1 aliphatic carbocycles. The number of rotatable bonds is 3. The average molecular weight is 228 g/mol. The Morgan fingerprint density at radius 1 is 1.25 bits per heavy atom. The normalized spacial score (nSPS) is 18.7. The Morgan fingerprint density at radius 2 is 1.94 bits per heavy atom. The molecule has 0 amide bonds. The molecule has 0 heterocycles. The molecule has 0 unspecified atom stereocenters. The molecule has 0 aromatic heterocycles. The van der Waals surface area contributed by atoms with E-state index in [-0.39, 0.29) is 12.4 Å². The molecule has 16 heavy (non-hydrogen) atoms. The molecule has 2 rings (SSSR count). The molecule has 0 aliphatic heterocycles. The Hall–Kier alpha value is -1.16. The van der Waals surface area contributed by atoms with Crippen LogP contribution in [0, 0.1) is 11.6 Å². The number of hydrogen-bond donors (Lipinski definition) is 1. The van der Waals surface area contributed by atoms with Crippen molar-refractivity contribution in [1.82, 2.24) is 0 Å². The minimum absolute atomic E-state index is 0.0212. The topological polar surface area (TPSA) is 29.5 Å². The van der Waals surface area contributed by atoms with Crippen LogP contribution < -0.4 is 4.74 Å². The molecule has 1 fully saturated rings. The third-order valence-corrected chi connectivity index (χ3v) is 2.95. The standard InChI is InChI=1S/C12H14F2O2/c13-9-4-3-5-10(11(9)14)16-8-12(15)6-1-2-7-12/h3-5,15H,1-2,6-8H2. The van der Waals surface area contributed by atoms with Gasteiger partial charge in [0, 0.05) is 0 Å². The monoisotopic (exact) mass is 228 g/mol. The van der Waals surface area contributed by atoms with E-state index in [2.05, 4.69) is 0 Å². The largest absolute Gasteiger partial charge is 0.487 e. The third kappa shape index (κ3) is 2.32. The van der Waals surface area contributed by atoms with Crippen LogP contribution in [0.25, 0.3) is 0 Å². The van der Waals surface area contributed by atoms with Gasteiger partial charge in [0.2, 0.25) is 5.82 Å². The maximum absolute atomic E-state index is 13.2. The van der Waals surface area contributed by atoms with Gasteiger partial charge in [-0.3, -0.25) is 0 Å². The Balaban J connectivity index is 2.02. The van der Waals surface area contributed by atoms with Crippen LogP contribution in [0.2, 0.25) is 0 Å². The number of aliphatic hydroxyl groups is 1. The third-order valence-electron chi connectivity index (χ3n) is 2.95. The van der Waals surface area contributed by atoms with Gasteiger partial charge in [-0.15, -0.1) is 0 Å². The lowest BCUT2D eigenvalue weighted by atomic mass is 10.0. The first-order chi connectivity index (χ1) is 7.61. The average Bonchev–Trinajstić information content (AvgIpc) is 2.68. The highest BCUT2D eigenvalue weighted by atomic mass is 19.2. The van der Waals surface area contributed by atoms with E-state index >= 15 is 0 Å². The highest BCUT2D eigenvalue weighted by Gasteiger charge is 2.32. The summed E-state index contributed by atoms with van der Waals surface area (Å²) >= 11 is 0. The van der Waals surface area contributed by atoms with Gasteiger partial charge in [-0.25, -0.2) is 4.39 Å². The number of ether oxygens (including phenoxy) is 1. The summed E-state index contributed by atoms with van der Waals surface area (Å²) in [4.78, 5) is 0. The van der Waals surface area contributed by atoms with Gasteiger partial charge < -0.3 is 9.84 Å². The quantitative estimate of drug-likeness (QED) is 0.861. The first kappa shape index (κ1) is 11.3. The molecule has 0 saturated heterocycles. The molecule has 4 heteroatoms. The van der Waals surface area contributed by atoms with E-state index in [1.54, 1.807) is 0 Å². The van der Waals surface area contributed by atoms with Crippen LogP contribution in [0.5, 0.6) is 5.75 Å². The molecule has 0 spiro atoms. The second-order valence-corrected chi connectivity index (χ2v) is 4.27. The Morgan fingerprint density at radius 3 is 2.62 bits per heavy atom. The number of hydrogen-bond acceptors (Lipinski definition) is 2. The van der Waals surface area contributed by atoms with Crippen LogP contribution in [0.4, 0.5) is 8.78 Å². The summed E-state index contributed by atoms with van der Waals surface area (Å²) in [7, 11) is 0. The van der Waals surface area contributed by atoms with Gasteiger partial charge in [-0.2, -0.15) is 4.39 Å². The molecule has 1 aromatic rings. The molecule has 88 valence electrons. The van der Waals surface area contributed by atoms with E-state index in [1.807, 2.05) is 0 Å². The lowest BCUT2D eigenvalue weighted by Crippen LogP contribution is -2.32. The summed E-state index contributed by atoms with van der Waals surface area (Å²) in [5, 5.41) is 9.97. The lowest BCUT2D eigenvalue weighted by Gasteiger charge is -2.22. The molecular formula is C12H14F2O2. The molecule has 0 radical (unpaired) electrons. The van der Waals surface area contributed by atoms with Crippen molar-refractivity contribution >= 4 is 0 Å². The zero-order chi connectivity index (χ0) is 11.6. The zero-order valence-electron chi connectivity index (χ0n) is 8.88. The second kappa shape index (κ2) is 4.37. The first-order valence-corrected chi connectivity index (χ1v) is 5.40. The van der Waals surface area contributed by atoms with Crippen molar-refractivity contribution in [3.63, 3.8) is 0 Å². The summed E-state index contributed by atoms with van der Waals surface area (Å²) in [6.07, 6.45) is 3.21. The summed E-state index contributed by atoms with van der Waals surface area (Å²) in [6, 6.07) is 3.77. The van der Waals surface area contributed by atoms with Crippen molar-refractivity contribution in [1.29, 1.82) is 0 Å². The molecule has 2 nitrogen and oxygen atoms in total. The van der Waals surface area contributed by atoms with Crippen molar-refractivity contribution < 1.29 is 18.6 Å². The van der Waals surface area contributed by atoms with Crippen LogP contribution >= 0.6 is 0 Å². The minimum Gasteiger partial charge on any atom is -0.487 e. The van der Waals surface area contributed by atoms with Gasteiger partial charge in [0.05, 0.1) is 5.60 Å². The lowest BCUT2D eigenvalue weighted by molar-refractivity contribution is 0.000133. The van der Waals surface area contributed by atoms with Crippen LogP contribution in [0.15, 0.2) is 18.2 Å². The summed E-state index contributed by atoms with van der Waals surface area (Å²) in [6.45, 7) is 0.0212. The summed E-state index contributed by atoms with van der Waals surface area (Å²) in [5.41, 5.74) is -0.876. The molecule has 1 N–H and O–H groups in total. The molecule has 0 bridgehead atoms. The van der Waals surface area contributed by atoms with Crippen molar-refractivity contribution in [2.45, 2.75) is 31.3 Å². The van der Waals surface area contributed by atoms with Crippen LogP contribution in [-0.4, -0.2) is 17.3 Å². The van der Waals surface area contributed by atoms with Crippen molar-refractivity contribution in [3.8, 4) is 5.75 Å². The zero-order valence-corrected chi connectivity index (χ0v) is 8.88. The van der Waals surface area contributed by atoms with Crippen LogP contribution in [-0.2, 0) is 0 Å². The van der Waals surface area contributed by atoms with Gasteiger partial charge in [0.15, 0.2) is 11.6 Å². The molecule has 0 atom stereocenters. The van der Waals surface area contributed by atoms with E-state index < -0.39 is 17.2 Å². The fourth-order valence-electron chi connectivity index (χ4n) is 1.99. The smallest absolute Gasteiger partial charge is 0.200 e. The van der Waals surface area contributed by atoms with E-state index in [0.717, 1.165) is 18.9 Å². The van der Waals surface area contributed by atoms with Gasteiger partial charge in [0.1, 0.15) is 6.61 Å². The van der Waals surface area contributed by atoms with Crippen molar-refractivity contribution in [2.24, 2.45) is 0 Å². The fourth-order valence-corrected chi connectivity index (χ4v) is 1.99. The highest BCUT2D eigenvalue weighted by Crippen LogP contribution is 2.30. The fraction of sp³-hybridized carbons (Fsp3) is 0.500. The van der Waals surface area contributed by atoms with Gasteiger partial charge in [-0.05, 0) is 25.0 Å². The van der Waals surface area contributed by atoms with E-state index in [9.17, 15) is 13.9 Å². The van der Waals surface area contributed by atoms with E-state index in [0.29, 0.717) is 12.8 Å². The molecule has 1 saturated carbocycles. The maximum atomic E-state index is 13.2. The van der Waals surface area contributed by atoms with Crippen LogP contribution in [0.1, 0.15) is 25.7 Å². The molecule has 1 aromatic carbocycles. The van der Waals surface area contributed by atoms with Crippen LogP contribution in [0.3, 0.4) is 0 Å². The Labute approximate surface area is 92.9 Å². The predicted molar refractivity (Wildman–Crippen MR) is 55.3 cm³/mol. The minimum atomic E-state index is -0.996. The molecular weight excluding hydrogens is 214 g/mol. The number of halogens is 2. The van der Waals surface area contributed by atoms with Gasteiger partial charge >= 0.3 is 0 Å². The first-order valence-electron chi connectivity index (χ1n) is 5.40. The highest BCUT2D eigenvalue weighted by molar-refractivity contribution is 5.25. The molecule has 1 aliphatic rings. The van der Waals surface area contributed by atoms with E-state index in [1.165, 1.54) is 12.1 Å². The van der Waals surface area contributed by atoms with Crippen molar-refractivity contribution in [2.75, 3.05) is 6.61 Å². The van der Waals surface area contributed by atoms with E-state index in [4.69, 9.17) is 4.74 Å². The Bertz CT molecular complexity index is 373. The summed E-state index contributed by atoms with van der Waals surface area (Å²) < 4.78 is 31.2. The predicted octanol–water partition coefficient (Wildman–Crippen LogP) is 2.65. The second-order valence-electron chi connectivity index (χ2n) is 4.27. The number of benzene rings is 1.